The van der Waals surface area contributed by atoms with Crippen LogP contribution in [0.4, 0.5) is 5.69 Å². The molecule has 7 heteroatoms. The van der Waals surface area contributed by atoms with Gasteiger partial charge in [-0.05, 0) is 50.1 Å². The molecule has 0 bridgehead atoms. The fourth-order valence-corrected chi connectivity index (χ4v) is 2.98. The number of hydrogen-bond donors (Lipinski definition) is 1. The predicted octanol–water partition coefficient (Wildman–Crippen LogP) is 3.56. The molecule has 0 aliphatic carbocycles. The van der Waals surface area contributed by atoms with Gasteiger partial charge in [0.15, 0.2) is 0 Å². The number of ether oxygens (including phenoxy) is 1. The number of carbonyl (C=O) groups excluding carboxylic acids is 1. The first kappa shape index (κ1) is 17.9. The summed E-state index contributed by atoms with van der Waals surface area (Å²) in [6.45, 7) is 3.70. The summed E-state index contributed by atoms with van der Waals surface area (Å²) in [5, 5.41) is 13.6. The normalized spacial score (nSPS) is 17.0. The summed E-state index contributed by atoms with van der Waals surface area (Å²) in [5.74, 6) is 0.818. The lowest BCUT2D eigenvalue weighted by Crippen LogP contribution is -2.39. The number of nitro benzene ring substituents is 1. The number of non-ortho nitro benzene ring substituents is 1. The van der Waals surface area contributed by atoms with E-state index in [0.29, 0.717) is 29.8 Å². The molecule has 1 aliphatic rings. The number of hydrogen-bond acceptors (Lipinski definition) is 5. The van der Waals surface area contributed by atoms with E-state index in [4.69, 9.17) is 4.74 Å². The number of nitrogens with one attached hydrogen (secondary N) is 1. The molecule has 1 aliphatic heterocycles. The predicted molar refractivity (Wildman–Crippen MR) is 97.3 cm³/mol. The minimum Gasteiger partial charge on any atom is -0.457 e. The molecular formula is C19H21N3O4. The van der Waals surface area contributed by atoms with E-state index in [1.165, 1.54) is 24.3 Å². The molecule has 0 radical (unpaired) electrons. The third-order valence-corrected chi connectivity index (χ3v) is 4.51. The lowest BCUT2D eigenvalue weighted by Gasteiger charge is -2.21. The molecule has 1 amide bonds. The van der Waals surface area contributed by atoms with E-state index >= 15 is 0 Å². The van der Waals surface area contributed by atoms with Crippen molar-refractivity contribution in [2.45, 2.75) is 25.8 Å². The first-order valence-electron chi connectivity index (χ1n) is 8.57. The van der Waals surface area contributed by atoms with E-state index < -0.39 is 4.92 Å². The van der Waals surface area contributed by atoms with Gasteiger partial charge in [0.1, 0.15) is 11.5 Å². The van der Waals surface area contributed by atoms with Gasteiger partial charge in [0.25, 0.3) is 11.6 Å². The number of nitrogens with zero attached hydrogens (tertiary/aromatic N) is 2. The molecule has 1 atom stereocenters. The van der Waals surface area contributed by atoms with Crippen LogP contribution >= 0.6 is 0 Å². The Kier molecular flexibility index (Phi) is 5.48. The van der Waals surface area contributed by atoms with Crippen molar-refractivity contribution in [2.75, 3.05) is 13.2 Å². The van der Waals surface area contributed by atoms with Crippen molar-refractivity contribution < 1.29 is 14.5 Å². The molecule has 2 aromatic carbocycles. The fraction of sp³-hybridized carbons (Fsp3) is 0.316. The van der Waals surface area contributed by atoms with E-state index in [2.05, 4.69) is 17.1 Å². The zero-order valence-electron chi connectivity index (χ0n) is 14.6. The van der Waals surface area contributed by atoms with Crippen molar-refractivity contribution >= 4 is 11.6 Å². The van der Waals surface area contributed by atoms with E-state index in [-0.39, 0.29) is 11.6 Å². The monoisotopic (exact) mass is 355 g/mol. The van der Waals surface area contributed by atoms with Crippen molar-refractivity contribution in [1.82, 2.24) is 10.2 Å². The lowest BCUT2D eigenvalue weighted by atomic mass is 10.2. The van der Waals surface area contributed by atoms with Crippen molar-refractivity contribution in [3.05, 3.63) is 64.2 Å². The first-order chi connectivity index (χ1) is 12.5. The molecule has 136 valence electrons. The summed E-state index contributed by atoms with van der Waals surface area (Å²) in [6, 6.07) is 13.2. The molecule has 1 unspecified atom stereocenters. The van der Waals surface area contributed by atoms with E-state index in [1.54, 1.807) is 24.3 Å². The molecule has 7 nitrogen and oxygen atoms in total. The minimum atomic E-state index is -0.462. The maximum atomic E-state index is 12.4. The number of likely N-dealkylation sites (tertiary alicyclic amines) is 1. The Morgan fingerprint density at radius 1 is 1.27 bits per heavy atom. The van der Waals surface area contributed by atoms with Crippen LogP contribution in [0.3, 0.4) is 0 Å². The topological polar surface area (TPSA) is 84.7 Å². The van der Waals surface area contributed by atoms with Crippen LogP contribution in [-0.4, -0.2) is 35.0 Å². The molecule has 26 heavy (non-hydrogen) atoms. The molecule has 0 saturated carbocycles. The molecule has 1 fully saturated rings. The van der Waals surface area contributed by atoms with Gasteiger partial charge < -0.3 is 10.1 Å². The lowest BCUT2D eigenvalue weighted by molar-refractivity contribution is -0.384. The van der Waals surface area contributed by atoms with Gasteiger partial charge in [-0.3, -0.25) is 19.8 Å². The average molecular weight is 355 g/mol. The Morgan fingerprint density at radius 3 is 2.69 bits per heavy atom. The molecule has 1 N–H and O–H groups in total. The zero-order valence-corrected chi connectivity index (χ0v) is 14.6. The summed E-state index contributed by atoms with van der Waals surface area (Å²) in [7, 11) is 0. The van der Waals surface area contributed by atoms with Crippen LogP contribution in [0.15, 0.2) is 48.5 Å². The highest BCUT2D eigenvalue weighted by atomic mass is 16.6. The van der Waals surface area contributed by atoms with Crippen LogP contribution in [0, 0.1) is 10.1 Å². The summed E-state index contributed by atoms with van der Waals surface area (Å²) in [4.78, 5) is 24.8. The Balaban J connectivity index is 1.61. The van der Waals surface area contributed by atoms with Gasteiger partial charge in [0, 0.05) is 30.3 Å². The van der Waals surface area contributed by atoms with Crippen LogP contribution in [-0.2, 0) is 0 Å². The SMILES string of the molecule is CC1CCCN1CNC(=O)c1cccc(Oc2ccc([N+](=O)[O-])cc2)c1. The molecule has 0 spiro atoms. The quantitative estimate of drug-likeness (QED) is 0.633. The van der Waals surface area contributed by atoms with Crippen LogP contribution in [0.5, 0.6) is 11.5 Å². The smallest absolute Gasteiger partial charge is 0.269 e. The molecule has 2 aromatic rings. The molecule has 0 aromatic heterocycles. The summed E-state index contributed by atoms with van der Waals surface area (Å²) in [6.07, 6.45) is 2.32. The number of rotatable bonds is 6. The van der Waals surface area contributed by atoms with Gasteiger partial charge in [-0.1, -0.05) is 6.07 Å². The number of amides is 1. The number of carbonyl (C=O) groups is 1. The van der Waals surface area contributed by atoms with Crippen LogP contribution in [0.2, 0.25) is 0 Å². The van der Waals surface area contributed by atoms with Gasteiger partial charge in [-0.15, -0.1) is 0 Å². The number of nitro groups is 1. The second kappa shape index (κ2) is 7.97. The van der Waals surface area contributed by atoms with Crippen molar-refractivity contribution in [2.24, 2.45) is 0 Å². The van der Waals surface area contributed by atoms with E-state index in [0.717, 1.165) is 19.4 Å². The van der Waals surface area contributed by atoms with Crippen molar-refractivity contribution in [3.63, 3.8) is 0 Å². The van der Waals surface area contributed by atoms with E-state index in [9.17, 15) is 14.9 Å². The second-order valence-electron chi connectivity index (χ2n) is 6.35. The summed E-state index contributed by atoms with van der Waals surface area (Å²) in [5.41, 5.74) is 0.512. The fourth-order valence-electron chi connectivity index (χ4n) is 2.98. The Hall–Kier alpha value is -2.93. The molecule has 1 heterocycles. The van der Waals surface area contributed by atoms with Gasteiger partial charge >= 0.3 is 0 Å². The van der Waals surface area contributed by atoms with E-state index in [1.807, 2.05) is 0 Å². The third-order valence-electron chi connectivity index (χ3n) is 4.51. The van der Waals surface area contributed by atoms with Crippen molar-refractivity contribution in [1.29, 1.82) is 0 Å². The Labute approximate surface area is 151 Å². The average Bonchev–Trinajstić information content (AvgIpc) is 3.05. The first-order valence-corrected chi connectivity index (χ1v) is 8.57. The Morgan fingerprint density at radius 2 is 2.04 bits per heavy atom. The van der Waals surface area contributed by atoms with Crippen LogP contribution in [0.1, 0.15) is 30.1 Å². The maximum Gasteiger partial charge on any atom is 0.269 e. The van der Waals surface area contributed by atoms with Crippen LogP contribution < -0.4 is 10.1 Å². The highest BCUT2D eigenvalue weighted by Crippen LogP contribution is 2.24. The van der Waals surface area contributed by atoms with Gasteiger partial charge in [0.05, 0.1) is 11.6 Å². The highest BCUT2D eigenvalue weighted by molar-refractivity contribution is 5.94. The largest absolute Gasteiger partial charge is 0.457 e. The minimum absolute atomic E-state index is 0.00150. The summed E-state index contributed by atoms with van der Waals surface area (Å²) < 4.78 is 5.69. The summed E-state index contributed by atoms with van der Waals surface area (Å²) >= 11 is 0. The molecule has 1 saturated heterocycles. The highest BCUT2D eigenvalue weighted by Gasteiger charge is 2.20. The third kappa shape index (κ3) is 4.37. The van der Waals surface area contributed by atoms with Gasteiger partial charge in [0.2, 0.25) is 0 Å². The number of benzene rings is 2. The zero-order chi connectivity index (χ0) is 18.5. The second-order valence-corrected chi connectivity index (χ2v) is 6.35. The van der Waals surface area contributed by atoms with Crippen molar-refractivity contribution in [3.8, 4) is 11.5 Å². The van der Waals surface area contributed by atoms with Gasteiger partial charge in [-0.2, -0.15) is 0 Å². The maximum absolute atomic E-state index is 12.4. The standard InChI is InChI=1S/C19H21N3O4/c1-14-4-3-11-21(14)13-20-19(23)15-5-2-6-18(12-15)26-17-9-7-16(8-10-17)22(24)25/h2,5-10,12,14H,3-4,11,13H2,1H3,(H,20,23). The molecule has 3 rings (SSSR count). The molecular weight excluding hydrogens is 334 g/mol. The van der Waals surface area contributed by atoms with Gasteiger partial charge in [-0.25, -0.2) is 0 Å². The van der Waals surface area contributed by atoms with Crippen LogP contribution in [0.25, 0.3) is 0 Å². The Bertz CT molecular complexity index is 792.